The van der Waals surface area contributed by atoms with Crippen molar-refractivity contribution in [3.63, 3.8) is 0 Å². The number of fused-ring (bicyclic) bond motifs is 1. The molecule has 0 N–H and O–H groups in total. The number of nitriles is 1. The van der Waals surface area contributed by atoms with Crippen molar-refractivity contribution in [1.82, 2.24) is 9.38 Å². The second kappa shape index (κ2) is 8.20. The Morgan fingerprint density at radius 2 is 1.76 bits per heavy atom. The van der Waals surface area contributed by atoms with Crippen LogP contribution in [-0.2, 0) is 16.1 Å². The molecule has 0 aliphatic carbocycles. The first-order chi connectivity index (χ1) is 16.3. The van der Waals surface area contributed by atoms with E-state index in [0.717, 1.165) is 28.0 Å². The number of carbonyl (C=O) groups is 1. The molecule has 6 nitrogen and oxygen atoms in total. The van der Waals surface area contributed by atoms with Crippen LogP contribution in [0.1, 0.15) is 41.8 Å². The summed E-state index contributed by atoms with van der Waals surface area (Å²) in [4.78, 5) is 17.8. The van der Waals surface area contributed by atoms with Crippen molar-refractivity contribution in [3.8, 4) is 11.8 Å². The summed E-state index contributed by atoms with van der Waals surface area (Å²) in [6.45, 7) is 5.91. The summed E-state index contributed by atoms with van der Waals surface area (Å²) in [6.07, 6.45) is 3.94. The molecular formula is C28H23N3O3. The van der Waals surface area contributed by atoms with Gasteiger partial charge in [0.15, 0.2) is 5.60 Å². The first-order valence-corrected chi connectivity index (χ1v) is 11.0. The van der Waals surface area contributed by atoms with Gasteiger partial charge in [0.05, 0.1) is 22.9 Å². The standard InChI is InChI=1S/C28H23N3O3/c1-18-12-13-31-16-22(30-24(31)14-18)17-33-23-10-8-20(9-11-23)25-26(34-28(2,3)27(25)32)21-6-4-19(15-29)5-7-21/h4-14,16H,17H2,1-3H3. The molecule has 0 saturated carbocycles. The molecule has 6 heteroatoms. The van der Waals surface area contributed by atoms with Crippen LogP contribution in [0.4, 0.5) is 0 Å². The number of pyridine rings is 1. The van der Waals surface area contributed by atoms with Gasteiger partial charge >= 0.3 is 0 Å². The molecule has 1 aliphatic rings. The third kappa shape index (κ3) is 3.93. The van der Waals surface area contributed by atoms with Gasteiger partial charge in [-0.1, -0.05) is 12.1 Å². The highest BCUT2D eigenvalue weighted by molar-refractivity contribution is 6.32. The topological polar surface area (TPSA) is 76.6 Å². The SMILES string of the molecule is Cc1ccn2cc(COc3ccc(C4=C(c5ccc(C#N)cc5)OC(C)(C)C4=O)cc3)nc2c1. The number of benzene rings is 2. The Labute approximate surface area is 197 Å². The van der Waals surface area contributed by atoms with Gasteiger partial charge in [-0.3, -0.25) is 4.79 Å². The predicted octanol–water partition coefficient (Wildman–Crippen LogP) is 5.34. The molecule has 0 amide bonds. The lowest BCUT2D eigenvalue weighted by atomic mass is 9.92. The number of hydrogen-bond donors (Lipinski definition) is 0. The number of ketones is 1. The van der Waals surface area contributed by atoms with Gasteiger partial charge < -0.3 is 13.9 Å². The van der Waals surface area contributed by atoms with E-state index in [1.165, 1.54) is 0 Å². The van der Waals surface area contributed by atoms with Crippen molar-refractivity contribution >= 4 is 22.8 Å². The summed E-state index contributed by atoms with van der Waals surface area (Å²) >= 11 is 0. The van der Waals surface area contributed by atoms with Gasteiger partial charge in [0.25, 0.3) is 0 Å². The Hall–Kier alpha value is -4.37. The van der Waals surface area contributed by atoms with E-state index in [0.29, 0.717) is 29.3 Å². The number of aromatic nitrogens is 2. The number of aryl methyl sites for hydroxylation is 1. The second-order valence-electron chi connectivity index (χ2n) is 8.85. The monoisotopic (exact) mass is 449 g/mol. The summed E-state index contributed by atoms with van der Waals surface area (Å²) in [5.41, 5.74) is 4.51. The van der Waals surface area contributed by atoms with Crippen LogP contribution in [0.15, 0.2) is 73.1 Å². The van der Waals surface area contributed by atoms with Gasteiger partial charge in [-0.25, -0.2) is 4.98 Å². The summed E-state index contributed by atoms with van der Waals surface area (Å²) in [6, 6.07) is 20.6. The third-order valence-corrected chi connectivity index (χ3v) is 5.83. The molecule has 2 aromatic heterocycles. The largest absolute Gasteiger partial charge is 0.487 e. The quantitative estimate of drug-likeness (QED) is 0.411. The number of hydrogen-bond acceptors (Lipinski definition) is 5. The maximum Gasteiger partial charge on any atom is 0.210 e. The highest BCUT2D eigenvalue weighted by Crippen LogP contribution is 2.41. The lowest BCUT2D eigenvalue weighted by Gasteiger charge is -2.17. The molecule has 0 radical (unpaired) electrons. The van der Waals surface area contributed by atoms with Crippen molar-refractivity contribution in [1.29, 1.82) is 5.26 Å². The molecule has 0 fully saturated rings. The van der Waals surface area contributed by atoms with Gasteiger partial charge in [-0.05, 0) is 80.4 Å². The zero-order chi connectivity index (χ0) is 23.9. The highest BCUT2D eigenvalue weighted by Gasteiger charge is 2.42. The van der Waals surface area contributed by atoms with Crippen LogP contribution in [0.3, 0.4) is 0 Å². The van der Waals surface area contributed by atoms with Crippen molar-refractivity contribution in [2.45, 2.75) is 33.0 Å². The van der Waals surface area contributed by atoms with Crippen molar-refractivity contribution in [2.75, 3.05) is 0 Å². The van der Waals surface area contributed by atoms with E-state index < -0.39 is 5.60 Å². The van der Waals surface area contributed by atoms with E-state index in [9.17, 15) is 4.79 Å². The molecule has 0 atom stereocenters. The van der Waals surface area contributed by atoms with Crippen molar-refractivity contribution in [2.24, 2.45) is 0 Å². The van der Waals surface area contributed by atoms with Crippen LogP contribution < -0.4 is 4.74 Å². The molecule has 0 spiro atoms. The molecule has 0 bridgehead atoms. The van der Waals surface area contributed by atoms with Gasteiger partial charge in [-0.15, -0.1) is 0 Å². The van der Waals surface area contributed by atoms with Gasteiger partial charge in [0, 0.05) is 18.0 Å². The molecule has 0 unspecified atom stereocenters. The molecule has 34 heavy (non-hydrogen) atoms. The van der Waals surface area contributed by atoms with Gasteiger partial charge in [0.1, 0.15) is 23.8 Å². The lowest BCUT2D eigenvalue weighted by molar-refractivity contribution is -0.125. The number of carbonyl (C=O) groups excluding carboxylic acids is 1. The summed E-state index contributed by atoms with van der Waals surface area (Å²) < 4.78 is 14.0. The summed E-state index contributed by atoms with van der Waals surface area (Å²) in [7, 11) is 0. The molecule has 5 rings (SSSR count). The molecule has 168 valence electrons. The van der Waals surface area contributed by atoms with Crippen LogP contribution in [0.25, 0.3) is 17.0 Å². The van der Waals surface area contributed by atoms with E-state index in [1.54, 1.807) is 38.1 Å². The second-order valence-corrected chi connectivity index (χ2v) is 8.85. The smallest absolute Gasteiger partial charge is 0.210 e. The normalized spacial score (nSPS) is 14.8. The molecule has 0 saturated heterocycles. The first kappa shape index (κ1) is 21.5. The molecule has 4 aromatic rings. The minimum Gasteiger partial charge on any atom is -0.487 e. The van der Waals surface area contributed by atoms with Crippen LogP contribution >= 0.6 is 0 Å². The third-order valence-electron chi connectivity index (χ3n) is 5.83. The Balaban J connectivity index is 1.39. The van der Waals surface area contributed by atoms with Crippen LogP contribution in [0.5, 0.6) is 5.75 Å². The number of ether oxygens (including phenoxy) is 2. The van der Waals surface area contributed by atoms with Gasteiger partial charge in [-0.2, -0.15) is 5.26 Å². The van der Waals surface area contributed by atoms with Crippen LogP contribution in [-0.4, -0.2) is 20.8 Å². The number of Topliss-reactive ketones (excluding diaryl/α,β-unsaturated/α-hetero) is 1. The number of imidazole rings is 1. The van der Waals surface area contributed by atoms with Crippen LogP contribution in [0, 0.1) is 18.3 Å². The summed E-state index contributed by atoms with van der Waals surface area (Å²) in [5, 5.41) is 9.07. The fraction of sp³-hybridized carbons (Fsp3) is 0.179. The average molecular weight is 450 g/mol. The minimum absolute atomic E-state index is 0.0829. The maximum atomic E-state index is 13.2. The minimum atomic E-state index is -0.963. The van der Waals surface area contributed by atoms with Crippen LogP contribution in [0.2, 0.25) is 0 Å². The van der Waals surface area contributed by atoms with E-state index in [-0.39, 0.29) is 5.78 Å². The highest BCUT2D eigenvalue weighted by atomic mass is 16.5. The lowest BCUT2D eigenvalue weighted by Crippen LogP contribution is -2.29. The van der Waals surface area contributed by atoms with E-state index in [4.69, 9.17) is 14.7 Å². The molecule has 1 aliphatic heterocycles. The fourth-order valence-electron chi connectivity index (χ4n) is 4.00. The summed E-state index contributed by atoms with van der Waals surface area (Å²) in [5.74, 6) is 1.12. The van der Waals surface area contributed by atoms with Crippen molar-refractivity contribution in [3.05, 3.63) is 101 Å². The maximum absolute atomic E-state index is 13.2. The number of rotatable bonds is 5. The first-order valence-electron chi connectivity index (χ1n) is 11.0. The Kier molecular flexibility index (Phi) is 5.18. The van der Waals surface area contributed by atoms with Crippen molar-refractivity contribution < 1.29 is 14.3 Å². The zero-order valence-electron chi connectivity index (χ0n) is 19.2. The fourth-order valence-corrected chi connectivity index (χ4v) is 4.00. The van der Waals surface area contributed by atoms with E-state index >= 15 is 0 Å². The Bertz CT molecular complexity index is 1470. The molecule has 3 heterocycles. The number of nitrogens with zero attached hydrogens (tertiary/aromatic N) is 3. The molecular weight excluding hydrogens is 426 g/mol. The van der Waals surface area contributed by atoms with E-state index in [2.05, 4.69) is 11.1 Å². The average Bonchev–Trinajstić information content (AvgIpc) is 3.35. The van der Waals surface area contributed by atoms with E-state index in [1.807, 2.05) is 60.1 Å². The Morgan fingerprint density at radius 1 is 1.06 bits per heavy atom. The Morgan fingerprint density at radius 3 is 2.47 bits per heavy atom. The van der Waals surface area contributed by atoms with Gasteiger partial charge in [0.2, 0.25) is 5.78 Å². The predicted molar refractivity (Wildman–Crippen MR) is 129 cm³/mol. The zero-order valence-corrected chi connectivity index (χ0v) is 19.2. The molecule has 2 aromatic carbocycles.